The Morgan fingerprint density at radius 1 is 1.38 bits per heavy atom. The average molecular weight is 202 g/mol. The van der Waals surface area contributed by atoms with Gasteiger partial charge in [0.1, 0.15) is 11.6 Å². The molecule has 0 aliphatic heterocycles. The summed E-state index contributed by atoms with van der Waals surface area (Å²) in [4.78, 5) is 0. The fraction of sp³-hybridized carbons (Fsp3) is 0.778. The second-order valence-corrected chi connectivity index (χ2v) is 4.14. The first-order chi connectivity index (χ1) is 6.03. The van der Waals surface area contributed by atoms with Crippen molar-refractivity contribution in [2.45, 2.75) is 38.5 Å². The van der Waals surface area contributed by atoms with Gasteiger partial charge in [-0.15, -0.1) is 21.8 Å². The summed E-state index contributed by atoms with van der Waals surface area (Å²) in [5, 5.41) is 8.19. The summed E-state index contributed by atoms with van der Waals surface area (Å²) >= 11 is 5.72. The van der Waals surface area contributed by atoms with Crippen LogP contribution in [-0.2, 0) is 18.3 Å². The molecule has 1 rings (SSSR count). The van der Waals surface area contributed by atoms with E-state index in [1.807, 2.05) is 11.6 Å². The van der Waals surface area contributed by atoms with Gasteiger partial charge in [0.25, 0.3) is 0 Å². The van der Waals surface area contributed by atoms with Gasteiger partial charge in [0.05, 0.1) is 5.88 Å². The van der Waals surface area contributed by atoms with Gasteiger partial charge in [0, 0.05) is 12.5 Å². The third-order valence-corrected chi connectivity index (χ3v) is 2.81. The predicted molar refractivity (Wildman–Crippen MR) is 53.9 cm³/mol. The van der Waals surface area contributed by atoms with E-state index in [9.17, 15) is 0 Å². The molecule has 0 fully saturated rings. The van der Waals surface area contributed by atoms with E-state index in [2.05, 4.69) is 31.0 Å². The largest absolute Gasteiger partial charge is 0.317 e. The normalized spacial score (nSPS) is 12.1. The first kappa shape index (κ1) is 10.5. The molecule has 0 saturated carbocycles. The van der Waals surface area contributed by atoms with Gasteiger partial charge in [0.2, 0.25) is 0 Å². The van der Waals surface area contributed by atoms with E-state index in [-0.39, 0.29) is 5.41 Å². The molecule has 0 spiro atoms. The van der Waals surface area contributed by atoms with Crippen molar-refractivity contribution in [2.24, 2.45) is 7.05 Å². The van der Waals surface area contributed by atoms with Gasteiger partial charge in [0.15, 0.2) is 0 Å². The van der Waals surface area contributed by atoms with Crippen LogP contribution in [0.4, 0.5) is 0 Å². The number of hydrogen-bond donors (Lipinski definition) is 0. The number of hydrogen-bond acceptors (Lipinski definition) is 2. The first-order valence-electron chi connectivity index (χ1n) is 4.47. The van der Waals surface area contributed by atoms with Crippen LogP contribution >= 0.6 is 11.6 Å². The minimum atomic E-state index is 0.0755. The number of aromatic nitrogens is 3. The zero-order valence-corrected chi connectivity index (χ0v) is 9.39. The van der Waals surface area contributed by atoms with Crippen LogP contribution in [0.1, 0.15) is 38.8 Å². The molecular weight excluding hydrogens is 186 g/mol. The molecule has 13 heavy (non-hydrogen) atoms. The second-order valence-electron chi connectivity index (χ2n) is 3.87. The van der Waals surface area contributed by atoms with E-state index < -0.39 is 0 Å². The number of rotatable bonds is 3. The molecule has 0 aromatic carbocycles. The zero-order valence-electron chi connectivity index (χ0n) is 8.63. The Morgan fingerprint density at radius 2 is 2.00 bits per heavy atom. The lowest BCUT2D eigenvalue weighted by molar-refractivity contribution is 0.454. The molecule has 1 heterocycles. The molecular formula is C9H16ClN3. The fourth-order valence-corrected chi connectivity index (χ4v) is 1.46. The SMILES string of the molecule is CCC(C)(C)c1nnc(CCl)n1C. The lowest BCUT2D eigenvalue weighted by Crippen LogP contribution is -2.21. The Balaban J connectivity index is 3.09. The zero-order chi connectivity index (χ0) is 10.1. The molecule has 0 unspecified atom stereocenters. The van der Waals surface area contributed by atoms with Crippen LogP contribution in [0.5, 0.6) is 0 Å². The molecule has 4 heteroatoms. The average Bonchev–Trinajstić information content (AvgIpc) is 2.47. The van der Waals surface area contributed by atoms with Gasteiger partial charge >= 0.3 is 0 Å². The van der Waals surface area contributed by atoms with Crippen LogP contribution in [0.3, 0.4) is 0 Å². The smallest absolute Gasteiger partial charge is 0.147 e. The van der Waals surface area contributed by atoms with Crippen LogP contribution < -0.4 is 0 Å². The molecule has 1 aromatic heterocycles. The maximum Gasteiger partial charge on any atom is 0.147 e. The monoisotopic (exact) mass is 201 g/mol. The van der Waals surface area contributed by atoms with Crippen molar-refractivity contribution in [2.75, 3.05) is 0 Å². The van der Waals surface area contributed by atoms with Crippen molar-refractivity contribution in [3.63, 3.8) is 0 Å². The Hall–Kier alpha value is -0.570. The maximum atomic E-state index is 5.72. The van der Waals surface area contributed by atoms with Crippen molar-refractivity contribution >= 4 is 11.6 Å². The van der Waals surface area contributed by atoms with E-state index in [1.54, 1.807) is 0 Å². The summed E-state index contributed by atoms with van der Waals surface area (Å²) in [7, 11) is 1.96. The molecule has 0 amide bonds. The minimum Gasteiger partial charge on any atom is -0.317 e. The summed E-state index contributed by atoms with van der Waals surface area (Å²) in [5.41, 5.74) is 0.0755. The van der Waals surface area contributed by atoms with Crippen LogP contribution in [0, 0.1) is 0 Å². The van der Waals surface area contributed by atoms with Crippen molar-refractivity contribution < 1.29 is 0 Å². The van der Waals surface area contributed by atoms with Crippen molar-refractivity contribution in [1.29, 1.82) is 0 Å². The van der Waals surface area contributed by atoms with Crippen LogP contribution in [0.15, 0.2) is 0 Å². The summed E-state index contributed by atoms with van der Waals surface area (Å²) in [6.45, 7) is 6.47. The lowest BCUT2D eigenvalue weighted by atomic mass is 9.89. The second kappa shape index (κ2) is 3.66. The van der Waals surface area contributed by atoms with E-state index >= 15 is 0 Å². The molecule has 74 valence electrons. The Morgan fingerprint density at radius 3 is 2.38 bits per heavy atom. The van der Waals surface area contributed by atoms with Crippen molar-refractivity contribution in [3.8, 4) is 0 Å². The molecule has 0 N–H and O–H groups in total. The number of halogens is 1. The summed E-state index contributed by atoms with van der Waals surface area (Å²) in [6.07, 6.45) is 1.04. The molecule has 0 aliphatic rings. The molecule has 0 bridgehead atoms. The third-order valence-electron chi connectivity index (χ3n) is 2.57. The van der Waals surface area contributed by atoms with Crippen molar-refractivity contribution in [3.05, 3.63) is 11.6 Å². The van der Waals surface area contributed by atoms with E-state index in [4.69, 9.17) is 11.6 Å². The Kier molecular flexibility index (Phi) is 2.96. The minimum absolute atomic E-state index is 0.0755. The molecule has 0 aliphatic carbocycles. The van der Waals surface area contributed by atoms with Crippen LogP contribution in [0.25, 0.3) is 0 Å². The molecule has 0 radical (unpaired) electrons. The Labute approximate surface area is 84.1 Å². The predicted octanol–water partition coefficient (Wildman–Crippen LogP) is 2.24. The number of alkyl halides is 1. The highest BCUT2D eigenvalue weighted by Crippen LogP contribution is 2.24. The van der Waals surface area contributed by atoms with Gasteiger partial charge in [-0.05, 0) is 6.42 Å². The van der Waals surface area contributed by atoms with Gasteiger partial charge in [-0.2, -0.15) is 0 Å². The van der Waals surface area contributed by atoms with Crippen molar-refractivity contribution in [1.82, 2.24) is 14.8 Å². The summed E-state index contributed by atoms with van der Waals surface area (Å²) < 4.78 is 1.98. The van der Waals surface area contributed by atoms with Crippen LogP contribution in [0.2, 0.25) is 0 Å². The maximum absolute atomic E-state index is 5.72. The van der Waals surface area contributed by atoms with E-state index in [1.165, 1.54) is 0 Å². The van der Waals surface area contributed by atoms with Gasteiger partial charge in [-0.3, -0.25) is 0 Å². The standard InChI is InChI=1S/C9H16ClN3/c1-5-9(2,3)8-12-11-7(6-10)13(8)4/h5-6H2,1-4H3. The molecule has 3 nitrogen and oxygen atoms in total. The topological polar surface area (TPSA) is 30.7 Å². The fourth-order valence-electron chi connectivity index (χ4n) is 1.23. The van der Waals surface area contributed by atoms with E-state index in [0.29, 0.717) is 5.88 Å². The van der Waals surface area contributed by atoms with Gasteiger partial charge in [-0.25, -0.2) is 0 Å². The highest BCUT2D eigenvalue weighted by molar-refractivity contribution is 6.16. The highest BCUT2D eigenvalue weighted by atomic mass is 35.5. The highest BCUT2D eigenvalue weighted by Gasteiger charge is 2.24. The Bertz CT molecular complexity index is 291. The molecule has 0 atom stereocenters. The third kappa shape index (κ3) is 1.85. The van der Waals surface area contributed by atoms with Gasteiger partial charge in [-0.1, -0.05) is 20.8 Å². The quantitative estimate of drug-likeness (QED) is 0.703. The lowest BCUT2D eigenvalue weighted by Gasteiger charge is -2.21. The van der Waals surface area contributed by atoms with Crippen LogP contribution in [-0.4, -0.2) is 14.8 Å². The summed E-state index contributed by atoms with van der Waals surface area (Å²) in [5.74, 6) is 2.26. The summed E-state index contributed by atoms with van der Waals surface area (Å²) in [6, 6.07) is 0. The first-order valence-corrected chi connectivity index (χ1v) is 5.01. The molecule has 1 aromatic rings. The van der Waals surface area contributed by atoms with Gasteiger partial charge < -0.3 is 4.57 Å². The number of nitrogens with zero attached hydrogens (tertiary/aromatic N) is 3. The molecule has 0 saturated heterocycles. The van der Waals surface area contributed by atoms with E-state index in [0.717, 1.165) is 18.1 Å².